The zero-order valence-electron chi connectivity index (χ0n) is 16.9. The van der Waals surface area contributed by atoms with E-state index in [0.717, 1.165) is 55.2 Å². The molecule has 0 saturated heterocycles. The summed E-state index contributed by atoms with van der Waals surface area (Å²) in [6.07, 6.45) is 3.90. The molecule has 1 saturated carbocycles. The maximum absolute atomic E-state index is 12.3. The number of carbonyl (C=O) groups is 1. The number of benzene rings is 1. The first-order chi connectivity index (χ1) is 13.5. The number of fused-ring (bicyclic) bond motifs is 1. The van der Waals surface area contributed by atoms with Gasteiger partial charge >= 0.3 is 0 Å². The normalized spacial score (nSPS) is 15.8. The van der Waals surface area contributed by atoms with Gasteiger partial charge in [-0.15, -0.1) is 0 Å². The molecule has 6 nitrogen and oxygen atoms in total. The third kappa shape index (κ3) is 3.96. The van der Waals surface area contributed by atoms with Crippen molar-refractivity contribution < 1.29 is 9.53 Å². The minimum Gasteiger partial charge on any atom is -0.493 e. The van der Waals surface area contributed by atoms with Crippen molar-refractivity contribution in [3.63, 3.8) is 0 Å². The molecule has 1 fully saturated rings. The second-order valence-corrected chi connectivity index (χ2v) is 7.91. The second kappa shape index (κ2) is 7.78. The van der Waals surface area contributed by atoms with Crippen LogP contribution in [-0.2, 0) is 6.42 Å². The fourth-order valence-corrected chi connectivity index (χ4v) is 3.68. The van der Waals surface area contributed by atoms with Crippen LogP contribution in [0.4, 0.5) is 5.82 Å². The van der Waals surface area contributed by atoms with Crippen LogP contribution in [-0.4, -0.2) is 42.6 Å². The molecule has 0 radical (unpaired) electrons. The summed E-state index contributed by atoms with van der Waals surface area (Å²) in [4.78, 5) is 23.9. The van der Waals surface area contributed by atoms with Gasteiger partial charge in [0.1, 0.15) is 23.1 Å². The van der Waals surface area contributed by atoms with E-state index in [-0.39, 0.29) is 5.91 Å². The Morgan fingerprint density at radius 1 is 1.25 bits per heavy atom. The fraction of sp³-hybridized carbons (Fsp3) is 0.500. The van der Waals surface area contributed by atoms with E-state index >= 15 is 0 Å². The maximum Gasteiger partial charge on any atom is 0.270 e. The number of ether oxygens (including phenoxy) is 1. The molecule has 0 bridgehead atoms. The average molecular weight is 380 g/mol. The highest BCUT2D eigenvalue weighted by Crippen LogP contribution is 2.39. The predicted octanol–water partition coefficient (Wildman–Crippen LogP) is 3.16. The summed E-state index contributed by atoms with van der Waals surface area (Å²) in [5.74, 6) is 3.02. The molecule has 1 aliphatic carbocycles. The molecular formula is C22H28N4O2. The molecule has 28 heavy (non-hydrogen) atoms. The number of amides is 1. The van der Waals surface area contributed by atoms with E-state index in [9.17, 15) is 4.79 Å². The van der Waals surface area contributed by atoms with Gasteiger partial charge in [0.25, 0.3) is 5.91 Å². The van der Waals surface area contributed by atoms with Gasteiger partial charge in [0.15, 0.2) is 0 Å². The van der Waals surface area contributed by atoms with Crippen molar-refractivity contribution >= 4 is 11.7 Å². The number of nitrogens with zero attached hydrogens (tertiary/aromatic N) is 3. The van der Waals surface area contributed by atoms with Crippen molar-refractivity contribution in [2.75, 3.05) is 31.6 Å². The molecule has 1 aromatic carbocycles. The van der Waals surface area contributed by atoms with Crippen molar-refractivity contribution in [3.05, 3.63) is 46.4 Å². The van der Waals surface area contributed by atoms with E-state index in [4.69, 9.17) is 9.72 Å². The molecule has 2 aromatic rings. The Bertz CT molecular complexity index is 892. The highest BCUT2D eigenvalue weighted by molar-refractivity contribution is 5.96. The molecule has 0 unspecified atom stereocenters. The lowest BCUT2D eigenvalue weighted by Gasteiger charge is -2.25. The molecule has 1 aliphatic heterocycles. The van der Waals surface area contributed by atoms with Crippen molar-refractivity contribution in [1.29, 1.82) is 0 Å². The molecule has 1 N–H and O–H groups in total. The first kappa shape index (κ1) is 18.7. The van der Waals surface area contributed by atoms with E-state index in [1.165, 1.54) is 11.1 Å². The Hall–Kier alpha value is -2.63. The lowest BCUT2D eigenvalue weighted by Crippen LogP contribution is -2.35. The van der Waals surface area contributed by atoms with Gasteiger partial charge in [-0.25, -0.2) is 9.97 Å². The zero-order chi connectivity index (χ0) is 19.7. The van der Waals surface area contributed by atoms with Crippen LogP contribution in [0.1, 0.15) is 58.2 Å². The largest absolute Gasteiger partial charge is 0.493 e. The van der Waals surface area contributed by atoms with Crippen LogP contribution in [0.3, 0.4) is 0 Å². The highest BCUT2D eigenvalue weighted by Gasteiger charge is 2.31. The van der Waals surface area contributed by atoms with Crippen molar-refractivity contribution in [2.45, 2.75) is 45.4 Å². The Morgan fingerprint density at radius 2 is 2.07 bits per heavy atom. The van der Waals surface area contributed by atoms with Crippen LogP contribution in [0, 0.1) is 13.8 Å². The first-order valence-corrected chi connectivity index (χ1v) is 10.1. The van der Waals surface area contributed by atoms with Crippen LogP contribution in [0.25, 0.3) is 0 Å². The number of aromatic nitrogens is 2. The number of nitrogens with one attached hydrogen (secondary N) is 1. The third-order valence-electron chi connectivity index (χ3n) is 5.41. The Kier molecular flexibility index (Phi) is 5.20. The van der Waals surface area contributed by atoms with Crippen molar-refractivity contribution in [3.8, 4) is 5.75 Å². The van der Waals surface area contributed by atoms with Crippen LogP contribution in [0.2, 0.25) is 0 Å². The van der Waals surface area contributed by atoms with Gasteiger partial charge in [0.2, 0.25) is 0 Å². The van der Waals surface area contributed by atoms with Crippen molar-refractivity contribution in [1.82, 2.24) is 15.3 Å². The number of rotatable bonds is 7. The lowest BCUT2D eigenvalue weighted by molar-refractivity contribution is 0.0940. The minimum atomic E-state index is -0.0709. The molecule has 1 aromatic heterocycles. The standard InChI is InChI=1S/C22H28N4O2/c1-14-5-8-18(15(2)13-14)28-12-4-11-26(3)21-17-9-10-23-22(27)19(17)24-20(25-21)16-6-7-16/h5,8,13,16H,4,6-7,9-12H2,1-3H3,(H,23,27). The third-order valence-corrected chi connectivity index (χ3v) is 5.41. The molecule has 0 spiro atoms. The fourth-order valence-electron chi connectivity index (χ4n) is 3.68. The van der Waals surface area contributed by atoms with Crippen LogP contribution < -0.4 is 15.0 Å². The summed E-state index contributed by atoms with van der Waals surface area (Å²) in [5.41, 5.74) is 3.95. The molecular weight excluding hydrogens is 352 g/mol. The summed E-state index contributed by atoms with van der Waals surface area (Å²) in [7, 11) is 2.04. The van der Waals surface area contributed by atoms with Gasteiger partial charge in [-0.1, -0.05) is 17.7 Å². The molecule has 2 aliphatic rings. The van der Waals surface area contributed by atoms with Gasteiger partial charge in [0, 0.05) is 31.6 Å². The van der Waals surface area contributed by atoms with Crippen LogP contribution in [0.5, 0.6) is 5.75 Å². The van der Waals surface area contributed by atoms with Gasteiger partial charge in [-0.2, -0.15) is 0 Å². The quantitative estimate of drug-likeness (QED) is 0.748. The second-order valence-electron chi connectivity index (χ2n) is 7.91. The lowest BCUT2D eigenvalue weighted by atomic mass is 10.1. The van der Waals surface area contributed by atoms with Gasteiger partial charge < -0.3 is 15.0 Å². The molecule has 1 amide bonds. The van der Waals surface area contributed by atoms with Crippen molar-refractivity contribution in [2.24, 2.45) is 0 Å². The highest BCUT2D eigenvalue weighted by atomic mass is 16.5. The first-order valence-electron chi connectivity index (χ1n) is 10.1. The smallest absolute Gasteiger partial charge is 0.270 e. The van der Waals surface area contributed by atoms with E-state index in [1.807, 2.05) is 13.1 Å². The van der Waals surface area contributed by atoms with E-state index in [2.05, 4.69) is 41.2 Å². The molecule has 0 atom stereocenters. The SMILES string of the molecule is Cc1ccc(OCCCN(C)c2nc(C3CC3)nc3c2CCNC3=O)c(C)c1. The Labute approximate surface area is 166 Å². The minimum absolute atomic E-state index is 0.0709. The van der Waals surface area contributed by atoms with Crippen LogP contribution >= 0.6 is 0 Å². The summed E-state index contributed by atoms with van der Waals surface area (Å²) in [5, 5.41) is 2.90. The van der Waals surface area contributed by atoms with Crippen LogP contribution in [0.15, 0.2) is 18.2 Å². The summed E-state index contributed by atoms with van der Waals surface area (Å²) >= 11 is 0. The Morgan fingerprint density at radius 3 is 2.82 bits per heavy atom. The van der Waals surface area contributed by atoms with Gasteiger partial charge in [-0.05, 0) is 51.2 Å². The summed E-state index contributed by atoms with van der Waals surface area (Å²) < 4.78 is 5.96. The van der Waals surface area contributed by atoms with E-state index in [0.29, 0.717) is 24.8 Å². The van der Waals surface area contributed by atoms with E-state index in [1.54, 1.807) is 0 Å². The number of hydrogen-bond donors (Lipinski definition) is 1. The van der Waals surface area contributed by atoms with E-state index < -0.39 is 0 Å². The monoisotopic (exact) mass is 380 g/mol. The number of anilines is 1. The number of carbonyl (C=O) groups excluding carboxylic acids is 1. The predicted molar refractivity (Wildman–Crippen MR) is 109 cm³/mol. The maximum atomic E-state index is 12.3. The Balaban J connectivity index is 1.43. The topological polar surface area (TPSA) is 67.3 Å². The average Bonchev–Trinajstić information content (AvgIpc) is 3.51. The summed E-state index contributed by atoms with van der Waals surface area (Å²) in [6, 6.07) is 6.25. The molecule has 148 valence electrons. The van der Waals surface area contributed by atoms with Gasteiger partial charge in [-0.3, -0.25) is 4.79 Å². The molecule has 6 heteroatoms. The zero-order valence-corrected chi connectivity index (χ0v) is 16.9. The summed E-state index contributed by atoms with van der Waals surface area (Å²) in [6.45, 7) is 6.28. The molecule has 2 heterocycles. The number of hydrogen-bond acceptors (Lipinski definition) is 5. The molecule has 4 rings (SSSR count). The van der Waals surface area contributed by atoms with Gasteiger partial charge in [0.05, 0.1) is 6.61 Å². The number of aryl methyl sites for hydroxylation is 2.